The molecule has 68 valence electrons. The van der Waals surface area contributed by atoms with Crippen molar-refractivity contribution in [2.75, 3.05) is 0 Å². The zero-order valence-corrected chi connectivity index (χ0v) is 7.69. The van der Waals surface area contributed by atoms with Crippen LogP contribution in [0.2, 0.25) is 0 Å². The Morgan fingerprint density at radius 1 is 1.36 bits per heavy atom. The zero-order chi connectivity index (χ0) is 8.36. The molecule has 1 unspecified atom stereocenters. The van der Waals surface area contributed by atoms with Gasteiger partial charge in [-0.2, -0.15) is 0 Å². The second kappa shape index (κ2) is 4.53. The zero-order valence-electron chi connectivity index (χ0n) is 7.69. The van der Waals surface area contributed by atoms with Gasteiger partial charge in [0.15, 0.2) is 0 Å². The van der Waals surface area contributed by atoms with E-state index in [-0.39, 0.29) is 18.8 Å². The van der Waals surface area contributed by atoms with E-state index in [9.17, 15) is 4.79 Å². The summed E-state index contributed by atoms with van der Waals surface area (Å²) in [4.78, 5) is 11.4. The molecule has 0 aliphatic carbocycles. The van der Waals surface area contributed by atoms with Gasteiger partial charge in [-0.05, 0) is 6.42 Å². The molecule has 0 aromatic rings. The van der Waals surface area contributed by atoms with E-state index in [0.717, 1.165) is 6.42 Å². The number of rotatable bonds is 2. The standard InChI is InChI=1S/C9H18O.CH4/c1-6-7(2)8(10)9(3,4)5;/h7H,6H2,1-5H3;1H4. The van der Waals surface area contributed by atoms with Crippen LogP contribution in [0, 0.1) is 11.3 Å². The minimum absolute atomic E-state index is 0. The molecule has 0 saturated heterocycles. The summed E-state index contributed by atoms with van der Waals surface area (Å²) in [7, 11) is 0. The van der Waals surface area contributed by atoms with Crippen molar-refractivity contribution in [3.05, 3.63) is 0 Å². The lowest BCUT2D eigenvalue weighted by Crippen LogP contribution is -2.26. The monoisotopic (exact) mass is 158 g/mol. The summed E-state index contributed by atoms with van der Waals surface area (Å²) >= 11 is 0. The van der Waals surface area contributed by atoms with E-state index in [2.05, 4.69) is 0 Å². The molecule has 11 heavy (non-hydrogen) atoms. The smallest absolute Gasteiger partial charge is 0.140 e. The Morgan fingerprint density at radius 2 is 1.73 bits per heavy atom. The molecule has 1 nitrogen and oxygen atoms in total. The SMILES string of the molecule is C.CCC(C)C(=O)C(C)(C)C. The van der Waals surface area contributed by atoms with Gasteiger partial charge in [0.05, 0.1) is 0 Å². The fourth-order valence-corrected chi connectivity index (χ4v) is 0.925. The molecule has 0 spiro atoms. The average molecular weight is 158 g/mol. The van der Waals surface area contributed by atoms with Gasteiger partial charge < -0.3 is 0 Å². The summed E-state index contributed by atoms with van der Waals surface area (Å²) in [6, 6.07) is 0. The summed E-state index contributed by atoms with van der Waals surface area (Å²) in [5.41, 5.74) is -0.157. The minimum Gasteiger partial charge on any atom is -0.299 e. The lowest BCUT2D eigenvalue weighted by atomic mass is 9.83. The fraction of sp³-hybridized carbons (Fsp3) is 0.900. The fourth-order valence-electron chi connectivity index (χ4n) is 0.925. The summed E-state index contributed by atoms with van der Waals surface area (Å²) in [6.45, 7) is 9.96. The highest BCUT2D eigenvalue weighted by Crippen LogP contribution is 2.21. The van der Waals surface area contributed by atoms with Crippen LogP contribution in [0.5, 0.6) is 0 Å². The van der Waals surface area contributed by atoms with Crippen LogP contribution in [0.4, 0.5) is 0 Å². The number of hydrogen-bond acceptors (Lipinski definition) is 1. The van der Waals surface area contributed by atoms with Crippen molar-refractivity contribution in [3.63, 3.8) is 0 Å². The number of ketones is 1. The van der Waals surface area contributed by atoms with E-state index in [4.69, 9.17) is 0 Å². The first-order chi connectivity index (χ1) is 4.39. The summed E-state index contributed by atoms with van der Waals surface area (Å²) < 4.78 is 0. The molecule has 0 saturated carbocycles. The quantitative estimate of drug-likeness (QED) is 0.602. The van der Waals surface area contributed by atoms with E-state index in [1.807, 2.05) is 34.6 Å². The van der Waals surface area contributed by atoms with Crippen molar-refractivity contribution in [1.82, 2.24) is 0 Å². The van der Waals surface area contributed by atoms with Gasteiger partial charge in [-0.1, -0.05) is 42.0 Å². The van der Waals surface area contributed by atoms with Gasteiger partial charge in [0.2, 0.25) is 0 Å². The molecule has 0 aromatic heterocycles. The van der Waals surface area contributed by atoms with Crippen LogP contribution < -0.4 is 0 Å². The molecule has 0 aliphatic heterocycles. The van der Waals surface area contributed by atoms with Gasteiger partial charge in [0.25, 0.3) is 0 Å². The Bertz CT molecular complexity index is 119. The number of hydrogen-bond donors (Lipinski definition) is 0. The van der Waals surface area contributed by atoms with Crippen molar-refractivity contribution in [1.29, 1.82) is 0 Å². The van der Waals surface area contributed by atoms with Gasteiger partial charge >= 0.3 is 0 Å². The summed E-state index contributed by atoms with van der Waals surface area (Å²) in [5.74, 6) is 0.593. The highest BCUT2D eigenvalue weighted by Gasteiger charge is 2.24. The van der Waals surface area contributed by atoms with Crippen LogP contribution in [0.3, 0.4) is 0 Å². The van der Waals surface area contributed by atoms with Gasteiger partial charge in [-0.25, -0.2) is 0 Å². The molecule has 0 radical (unpaired) electrons. The van der Waals surface area contributed by atoms with Gasteiger partial charge in [0, 0.05) is 11.3 Å². The van der Waals surface area contributed by atoms with Crippen LogP contribution >= 0.6 is 0 Å². The molecule has 1 atom stereocenters. The number of carbonyl (C=O) groups excluding carboxylic acids is 1. The van der Waals surface area contributed by atoms with Crippen LogP contribution in [-0.4, -0.2) is 5.78 Å². The van der Waals surface area contributed by atoms with Crippen LogP contribution in [-0.2, 0) is 4.79 Å². The Labute approximate surface area is 71.2 Å². The van der Waals surface area contributed by atoms with Crippen LogP contribution in [0.15, 0.2) is 0 Å². The second-order valence-electron chi connectivity index (χ2n) is 3.92. The largest absolute Gasteiger partial charge is 0.299 e. The predicted molar refractivity (Wildman–Crippen MR) is 50.6 cm³/mol. The summed E-state index contributed by atoms with van der Waals surface area (Å²) in [6.07, 6.45) is 0.954. The lowest BCUT2D eigenvalue weighted by molar-refractivity contribution is -0.129. The Hall–Kier alpha value is -0.330. The topological polar surface area (TPSA) is 17.1 Å². The average Bonchev–Trinajstić information content (AvgIpc) is 1.83. The van der Waals surface area contributed by atoms with Crippen molar-refractivity contribution in [2.45, 2.75) is 48.5 Å². The molecule has 0 bridgehead atoms. The number of Topliss-reactive ketones (excluding diaryl/α,β-unsaturated/α-hetero) is 1. The molecule has 0 amide bonds. The predicted octanol–water partition coefficient (Wildman–Crippen LogP) is 3.28. The highest BCUT2D eigenvalue weighted by atomic mass is 16.1. The van der Waals surface area contributed by atoms with Crippen molar-refractivity contribution in [2.24, 2.45) is 11.3 Å². The van der Waals surface area contributed by atoms with Crippen LogP contribution in [0.1, 0.15) is 48.5 Å². The van der Waals surface area contributed by atoms with E-state index in [0.29, 0.717) is 5.78 Å². The van der Waals surface area contributed by atoms with Gasteiger partial charge in [-0.3, -0.25) is 4.79 Å². The van der Waals surface area contributed by atoms with E-state index in [1.54, 1.807) is 0 Å². The Balaban J connectivity index is 0. The lowest BCUT2D eigenvalue weighted by Gasteiger charge is -2.20. The Morgan fingerprint density at radius 3 is 1.82 bits per heavy atom. The summed E-state index contributed by atoms with van der Waals surface area (Å²) in [5, 5.41) is 0. The maximum absolute atomic E-state index is 11.4. The minimum atomic E-state index is -0.157. The molecule has 1 heteroatoms. The third-order valence-electron chi connectivity index (χ3n) is 1.80. The maximum atomic E-state index is 11.4. The highest BCUT2D eigenvalue weighted by molar-refractivity contribution is 5.85. The Kier molecular flexibility index (Phi) is 5.46. The van der Waals surface area contributed by atoms with Gasteiger partial charge in [-0.15, -0.1) is 0 Å². The second-order valence-corrected chi connectivity index (χ2v) is 3.92. The molecule has 0 aromatic carbocycles. The van der Waals surface area contributed by atoms with E-state index < -0.39 is 0 Å². The van der Waals surface area contributed by atoms with Crippen molar-refractivity contribution < 1.29 is 4.79 Å². The molecular weight excluding hydrogens is 136 g/mol. The van der Waals surface area contributed by atoms with Gasteiger partial charge in [0.1, 0.15) is 5.78 Å². The van der Waals surface area contributed by atoms with Crippen LogP contribution in [0.25, 0.3) is 0 Å². The third kappa shape index (κ3) is 4.18. The van der Waals surface area contributed by atoms with E-state index in [1.165, 1.54) is 0 Å². The van der Waals surface area contributed by atoms with Crippen molar-refractivity contribution in [3.8, 4) is 0 Å². The molecule has 0 fully saturated rings. The first kappa shape index (κ1) is 13.3. The molecular formula is C10H22O. The third-order valence-corrected chi connectivity index (χ3v) is 1.80. The molecule has 0 N–H and O–H groups in total. The normalized spacial score (nSPS) is 13.5. The molecule has 0 heterocycles. The first-order valence-corrected chi connectivity index (χ1v) is 3.94. The first-order valence-electron chi connectivity index (χ1n) is 3.94. The maximum Gasteiger partial charge on any atom is 0.140 e. The van der Waals surface area contributed by atoms with E-state index >= 15 is 0 Å². The molecule has 0 aliphatic rings. The number of carbonyl (C=O) groups is 1. The molecule has 0 rings (SSSR count). The van der Waals surface area contributed by atoms with Crippen molar-refractivity contribution >= 4 is 5.78 Å².